The van der Waals surface area contributed by atoms with Gasteiger partial charge in [-0.1, -0.05) is 12.1 Å². The quantitative estimate of drug-likeness (QED) is 0.559. The van der Waals surface area contributed by atoms with Gasteiger partial charge in [0.05, 0.1) is 19.3 Å². The maximum Gasteiger partial charge on any atom is 0.235 e. The van der Waals surface area contributed by atoms with Crippen molar-refractivity contribution in [3.63, 3.8) is 0 Å². The summed E-state index contributed by atoms with van der Waals surface area (Å²) in [5, 5.41) is 7.20. The Morgan fingerprint density at radius 3 is 2.59 bits per heavy atom. The summed E-state index contributed by atoms with van der Waals surface area (Å²) in [5.74, 6) is -0.111. The second kappa shape index (κ2) is 8.53. The van der Waals surface area contributed by atoms with Crippen LogP contribution < -0.4 is 10.0 Å². The minimum atomic E-state index is -3.43. The van der Waals surface area contributed by atoms with Gasteiger partial charge in [-0.05, 0) is 17.7 Å². The number of carbonyl (C=O) groups excluding carboxylic acids is 1. The van der Waals surface area contributed by atoms with Crippen LogP contribution in [0.2, 0.25) is 0 Å². The summed E-state index contributed by atoms with van der Waals surface area (Å²) in [5.41, 5.74) is 2.20. The maximum absolute atomic E-state index is 13.3. The molecular formula is C18H21FN6O3S. The summed E-state index contributed by atoms with van der Waals surface area (Å²) in [4.78, 5) is 16.1. The molecule has 1 amide bonds. The molecule has 0 aliphatic rings. The molecule has 9 nitrogen and oxygen atoms in total. The minimum absolute atomic E-state index is 0.259. The summed E-state index contributed by atoms with van der Waals surface area (Å²) in [6.07, 6.45) is 6.26. The number of nitrogens with zero attached hydrogens (tertiary/aromatic N) is 4. The highest BCUT2D eigenvalue weighted by Crippen LogP contribution is 2.30. The topological polar surface area (TPSA) is 111 Å². The van der Waals surface area contributed by atoms with Crippen LogP contribution in [0, 0.1) is 5.82 Å². The molecule has 0 radical (unpaired) electrons. The minimum Gasteiger partial charge on any atom is -0.353 e. The molecule has 0 unspecified atom stereocenters. The van der Waals surface area contributed by atoms with Gasteiger partial charge in [0.15, 0.2) is 5.82 Å². The molecule has 0 aliphatic carbocycles. The van der Waals surface area contributed by atoms with Crippen LogP contribution in [0.5, 0.6) is 0 Å². The van der Waals surface area contributed by atoms with Gasteiger partial charge in [0.2, 0.25) is 15.9 Å². The normalized spacial score (nSPS) is 11.6. The van der Waals surface area contributed by atoms with Crippen molar-refractivity contribution in [2.45, 2.75) is 6.54 Å². The number of benzene rings is 1. The summed E-state index contributed by atoms with van der Waals surface area (Å²) in [6.45, 7) is 0.301. The monoisotopic (exact) mass is 420 g/mol. The molecular weight excluding hydrogens is 399 g/mol. The number of aromatic nitrogens is 4. The molecule has 11 heteroatoms. The van der Waals surface area contributed by atoms with Crippen LogP contribution in [0.3, 0.4) is 0 Å². The van der Waals surface area contributed by atoms with E-state index in [1.54, 1.807) is 35.4 Å². The van der Waals surface area contributed by atoms with E-state index >= 15 is 0 Å². The SMILES string of the molecule is Cn1ccnc1-c1nn(CCNC(=O)CNS(C)(=O)=O)cc1-c1ccc(F)cc1. The highest BCUT2D eigenvalue weighted by atomic mass is 32.2. The first kappa shape index (κ1) is 20.7. The number of aryl methyl sites for hydroxylation is 1. The van der Waals surface area contributed by atoms with Gasteiger partial charge in [-0.25, -0.2) is 22.5 Å². The standard InChI is InChI=1S/C18H21FN6O3S/c1-24-9-7-21-18(24)17-15(13-3-5-14(19)6-4-13)12-25(23-17)10-8-20-16(26)11-22-29(2,27)28/h3-7,9,12,22H,8,10-11H2,1-2H3,(H,20,26). The van der Waals surface area contributed by atoms with Crippen molar-refractivity contribution < 1.29 is 17.6 Å². The van der Waals surface area contributed by atoms with E-state index in [4.69, 9.17) is 0 Å². The van der Waals surface area contributed by atoms with E-state index in [-0.39, 0.29) is 18.9 Å². The molecule has 0 spiro atoms. The number of rotatable bonds is 8. The fraction of sp³-hybridized carbons (Fsp3) is 0.278. The molecule has 0 saturated heterocycles. The number of halogens is 1. The van der Waals surface area contributed by atoms with Gasteiger partial charge in [0, 0.05) is 37.7 Å². The van der Waals surface area contributed by atoms with Gasteiger partial charge in [-0.15, -0.1) is 0 Å². The zero-order valence-corrected chi connectivity index (χ0v) is 16.8. The van der Waals surface area contributed by atoms with Crippen molar-refractivity contribution >= 4 is 15.9 Å². The first-order valence-corrected chi connectivity index (χ1v) is 10.6. The Balaban J connectivity index is 1.76. The van der Waals surface area contributed by atoms with E-state index in [2.05, 4.69) is 20.1 Å². The maximum atomic E-state index is 13.3. The van der Waals surface area contributed by atoms with Gasteiger partial charge < -0.3 is 9.88 Å². The zero-order chi connectivity index (χ0) is 21.0. The average Bonchev–Trinajstić information content (AvgIpc) is 3.26. The number of hydrogen-bond acceptors (Lipinski definition) is 5. The highest BCUT2D eigenvalue weighted by molar-refractivity contribution is 7.88. The van der Waals surface area contributed by atoms with Gasteiger partial charge in [-0.2, -0.15) is 5.10 Å². The number of nitrogens with one attached hydrogen (secondary N) is 2. The lowest BCUT2D eigenvalue weighted by Crippen LogP contribution is -2.37. The van der Waals surface area contributed by atoms with Crippen LogP contribution >= 0.6 is 0 Å². The van der Waals surface area contributed by atoms with E-state index in [1.807, 2.05) is 11.6 Å². The Hall–Kier alpha value is -3.05. The molecule has 154 valence electrons. The molecule has 3 rings (SSSR count). The number of carbonyl (C=O) groups is 1. The molecule has 0 atom stereocenters. The Bertz CT molecular complexity index is 1110. The fourth-order valence-electron chi connectivity index (χ4n) is 2.70. The predicted molar refractivity (Wildman–Crippen MR) is 106 cm³/mol. The number of amides is 1. The van der Waals surface area contributed by atoms with Crippen molar-refractivity contribution in [1.82, 2.24) is 29.4 Å². The van der Waals surface area contributed by atoms with Crippen LogP contribution in [-0.4, -0.2) is 53.0 Å². The van der Waals surface area contributed by atoms with Gasteiger partial charge in [0.25, 0.3) is 0 Å². The van der Waals surface area contributed by atoms with E-state index in [9.17, 15) is 17.6 Å². The molecule has 1 aromatic carbocycles. The highest BCUT2D eigenvalue weighted by Gasteiger charge is 2.17. The first-order valence-electron chi connectivity index (χ1n) is 8.75. The third-order valence-corrected chi connectivity index (χ3v) is 4.78. The Morgan fingerprint density at radius 1 is 1.24 bits per heavy atom. The average molecular weight is 420 g/mol. The molecule has 2 aromatic heterocycles. The van der Waals surface area contributed by atoms with Crippen LogP contribution in [0.25, 0.3) is 22.6 Å². The smallest absolute Gasteiger partial charge is 0.235 e. The van der Waals surface area contributed by atoms with Gasteiger partial charge >= 0.3 is 0 Å². The lowest BCUT2D eigenvalue weighted by Gasteiger charge is -2.05. The van der Waals surface area contributed by atoms with Crippen LogP contribution in [0.1, 0.15) is 0 Å². The molecule has 3 aromatic rings. The van der Waals surface area contributed by atoms with Crippen LogP contribution in [-0.2, 0) is 28.4 Å². The summed E-state index contributed by atoms with van der Waals surface area (Å²) in [6, 6.07) is 6.09. The summed E-state index contributed by atoms with van der Waals surface area (Å²) >= 11 is 0. The number of hydrogen-bond donors (Lipinski definition) is 2. The fourth-order valence-corrected chi connectivity index (χ4v) is 3.10. The molecule has 0 saturated carbocycles. The Kier molecular flexibility index (Phi) is 6.09. The first-order chi connectivity index (χ1) is 13.7. The largest absolute Gasteiger partial charge is 0.353 e. The second-order valence-electron chi connectivity index (χ2n) is 6.47. The van der Waals surface area contributed by atoms with E-state index in [1.165, 1.54) is 12.1 Å². The zero-order valence-electron chi connectivity index (χ0n) is 16.0. The molecule has 2 heterocycles. The third-order valence-electron chi connectivity index (χ3n) is 4.11. The van der Waals surface area contributed by atoms with Crippen LogP contribution in [0.15, 0.2) is 42.9 Å². The summed E-state index contributed by atoms with van der Waals surface area (Å²) < 4.78 is 41.0. The Labute approximate surface area is 167 Å². The second-order valence-corrected chi connectivity index (χ2v) is 8.30. The van der Waals surface area contributed by atoms with Crippen LogP contribution in [0.4, 0.5) is 4.39 Å². The molecule has 0 fully saturated rings. The lowest BCUT2D eigenvalue weighted by molar-refractivity contribution is -0.120. The van der Waals surface area contributed by atoms with Crippen molar-refractivity contribution in [2.75, 3.05) is 19.3 Å². The molecule has 0 bridgehead atoms. The predicted octanol–water partition coefficient (Wildman–Crippen LogP) is 0.755. The van der Waals surface area contributed by atoms with Gasteiger partial charge in [-0.3, -0.25) is 9.48 Å². The molecule has 29 heavy (non-hydrogen) atoms. The summed E-state index contributed by atoms with van der Waals surface area (Å²) in [7, 11) is -1.57. The molecule has 2 N–H and O–H groups in total. The van der Waals surface area contributed by atoms with E-state index < -0.39 is 15.9 Å². The van der Waals surface area contributed by atoms with E-state index in [0.717, 1.165) is 17.4 Å². The van der Waals surface area contributed by atoms with Crippen molar-refractivity contribution in [3.05, 3.63) is 48.7 Å². The van der Waals surface area contributed by atoms with Gasteiger partial charge in [0.1, 0.15) is 11.5 Å². The van der Waals surface area contributed by atoms with Crippen molar-refractivity contribution in [3.8, 4) is 22.6 Å². The molecule has 0 aliphatic heterocycles. The van der Waals surface area contributed by atoms with Crippen molar-refractivity contribution in [2.24, 2.45) is 7.05 Å². The lowest BCUT2D eigenvalue weighted by atomic mass is 10.1. The Morgan fingerprint density at radius 2 is 1.97 bits per heavy atom. The number of sulfonamides is 1. The number of imidazole rings is 1. The van der Waals surface area contributed by atoms with Crippen molar-refractivity contribution in [1.29, 1.82) is 0 Å². The third kappa shape index (κ3) is 5.48. The van der Waals surface area contributed by atoms with E-state index in [0.29, 0.717) is 18.1 Å².